The van der Waals surface area contributed by atoms with Gasteiger partial charge in [0.1, 0.15) is 23.7 Å². The summed E-state index contributed by atoms with van der Waals surface area (Å²) in [6, 6.07) is 8.11. The number of hydrogen-bond acceptors (Lipinski definition) is 7. The molecule has 1 aromatic rings. The number of ether oxygens (including phenoxy) is 2. The van der Waals surface area contributed by atoms with Crippen molar-refractivity contribution in [2.75, 3.05) is 26.1 Å². The number of esters is 1. The molecule has 0 radical (unpaired) electrons. The van der Waals surface area contributed by atoms with Crippen molar-refractivity contribution in [2.45, 2.75) is 18.3 Å². The van der Waals surface area contributed by atoms with Crippen molar-refractivity contribution in [1.82, 2.24) is 10.2 Å². The highest BCUT2D eigenvalue weighted by Gasteiger charge is 2.54. The van der Waals surface area contributed by atoms with Crippen LogP contribution in [0.5, 0.6) is 0 Å². The molecular formula is C21H22N2O7S. The van der Waals surface area contributed by atoms with Crippen LogP contribution in [0.4, 0.5) is 0 Å². The number of methoxy groups -OCH3 is 1. The summed E-state index contributed by atoms with van der Waals surface area (Å²) < 4.78 is 9.96. The number of carboxylic acid groups (broad SMARTS) is 1. The number of nitrogens with zero attached hydrogens (tertiary/aromatic N) is 1. The van der Waals surface area contributed by atoms with Gasteiger partial charge in [0.15, 0.2) is 0 Å². The highest BCUT2D eigenvalue weighted by Crippen LogP contribution is 2.40. The number of thioether (sulfide) groups is 1. The first-order chi connectivity index (χ1) is 14.8. The van der Waals surface area contributed by atoms with Gasteiger partial charge in [-0.15, -0.1) is 11.8 Å². The lowest BCUT2D eigenvalue weighted by Crippen LogP contribution is -2.70. The van der Waals surface area contributed by atoms with Crippen molar-refractivity contribution in [3.63, 3.8) is 0 Å². The zero-order chi connectivity index (χ0) is 22.5. The van der Waals surface area contributed by atoms with Gasteiger partial charge in [-0.2, -0.15) is 0 Å². The van der Waals surface area contributed by atoms with E-state index in [0.717, 1.165) is 4.90 Å². The molecule has 31 heavy (non-hydrogen) atoms. The van der Waals surface area contributed by atoms with E-state index in [-0.39, 0.29) is 24.7 Å². The Hall–Kier alpha value is -3.11. The summed E-state index contributed by atoms with van der Waals surface area (Å²) >= 11 is 1.31. The van der Waals surface area contributed by atoms with E-state index in [1.165, 1.54) is 25.8 Å². The normalized spacial score (nSPS) is 20.6. The summed E-state index contributed by atoms with van der Waals surface area (Å²) in [4.78, 5) is 49.7. The fourth-order valence-corrected chi connectivity index (χ4v) is 4.66. The fourth-order valence-electron chi connectivity index (χ4n) is 3.33. The zero-order valence-corrected chi connectivity index (χ0v) is 17.8. The maximum absolute atomic E-state index is 12.9. The molecule has 2 amide bonds. The van der Waals surface area contributed by atoms with Gasteiger partial charge in [-0.05, 0) is 11.6 Å². The Labute approximate surface area is 183 Å². The van der Waals surface area contributed by atoms with E-state index < -0.39 is 35.2 Å². The number of β-lactam (4-membered cyclic amide) rings is 1. The molecule has 0 spiro atoms. The number of nitrogens with one attached hydrogen (secondary N) is 1. The van der Waals surface area contributed by atoms with Gasteiger partial charge < -0.3 is 19.9 Å². The Kier molecular flexibility index (Phi) is 7.13. The molecule has 164 valence electrons. The highest BCUT2D eigenvalue weighted by molar-refractivity contribution is 8.00. The topological polar surface area (TPSA) is 122 Å². The lowest BCUT2D eigenvalue weighted by atomic mass is 10.0. The van der Waals surface area contributed by atoms with Gasteiger partial charge in [0.2, 0.25) is 0 Å². The van der Waals surface area contributed by atoms with Crippen LogP contribution in [0.25, 0.3) is 5.57 Å². The summed E-state index contributed by atoms with van der Waals surface area (Å²) in [5.74, 6) is -2.53. The molecule has 0 saturated carbocycles. The maximum atomic E-state index is 12.9. The van der Waals surface area contributed by atoms with E-state index in [1.54, 1.807) is 30.3 Å². The first-order valence-corrected chi connectivity index (χ1v) is 10.5. The van der Waals surface area contributed by atoms with E-state index in [4.69, 9.17) is 9.47 Å². The standard InChI is InChI=1S/C21H22N2O7S/c1-12(24)30-10-14-11-31-20-16(19(26)23(20)17(14)21(27)28)22-18(25)15(8-9-29-2)13-6-4-3-5-7-13/h3-8,16,20H,9-11H2,1-2H3,(H,22,25)(H,27,28)/t16-,20-/m1/s1. The predicted octanol–water partition coefficient (Wildman–Crippen LogP) is 1.02. The van der Waals surface area contributed by atoms with Crippen LogP contribution in [0.1, 0.15) is 12.5 Å². The molecule has 0 aromatic heterocycles. The van der Waals surface area contributed by atoms with Crippen LogP contribution in [-0.4, -0.2) is 71.3 Å². The minimum atomic E-state index is -1.28. The second-order valence-corrected chi connectivity index (χ2v) is 7.94. The van der Waals surface area contributed by atoms with E-state index >= 15 is 0 Å². The van der Waals surface area contributed by atoms with Crippen molar-refractivity contribution < 1.29 is 33.8 Å². The molecule has 2 atom stereocenters. The van der Waals surface area contributed by atoms with E-state index in [9.17, 15) is 24.3 Å². The van der Waals surface area contributed by atoms with Crippen LogP contribution in [-0.2, 0) is 28.7 Å². The van der Waals surface area contributed by atoms with Gasteiger partial charge in [-0.3, -0.25) is 19.3 Å². The average Bonchev–Trinajstić information content (AvgIpc) is 2.76. The Bertz CT molecular complexity index is 958. The van der Waals surface area contributed by atoms with E-state index in [1.807, 2.05) is 6.07 Å². The minimum Gasteiger partial charge on any atom is -0.477 e. The lowest BCUT2D eigenvalue weighted by molar-refractivity contribution is -0.150. The molecular weight excluding hydrogens is 424 g/mol. The van der Waals surface area contributed by atoms with Gasteiger partial charge in [0.25, 0.3) is 11.8 Å². The predicted molar refractivity (Wildman–Crippen MR) is 113 cm³/mol. The number of amides is 2. The Morgan fingerprint density at radius 3 is 2.61 bits per heavy atom. The molecule has 0 unspecified atom stereocenters. The number of carboxylic acids is 1. The second kappa shape index (κ2) is 9.80. The maximum Gasteiger partial charge on any atom is 0.352 e. The molecule has 1 fully saturated rings. The molecule has 1 saturated heterocycles. The van der Waals surface area contributed by atoms with E-state index in [2.05, 4.69) is 5.32 Å². The first-order valence-electron chi connectivity index (χ1n) is 9.44. The average molecular weight is 446 g/mol. The second-order valence-electron chi connectivity index (χ2n) is 6.84. The Morgan fingerprint density at radius 1 is 1.29 bits per heavy atom. The number of carbonyl (C=O) groups is 4. The number of fused-ring (bicyclic) bond motifs is 1. The third-order valence-electron chi connectivity index (χ3n) is 4.77. The minimum absolute atomic E-state index is 0.196. The summed E-state index contributed by atoms with van der Waals surface area (Å²) in [6.45, 7) is 1.24. The molecule has 10 heteroatoms. The smallest absolute Gasteiger partial charge is 0.352 e. The summed E-state index contributed by atoms with van der Waals surface area (Å²) in [7, 11) is 1.51. The molecule has 2 aliphatic rings. The molecule has 0 bridgehead atoms. The van der Waals surface area contributed by atoms with E-state index in [0.29, 0.717) is 16.7 Å². The van der Waals surface area contributed by atoms with Crippen LogP contribution in [0, 0.1) is 0 Å². The number of rotatable bonds is 8. The van der Waals surface area contributed by atoms with Crippen molar-refractivity contribution in [1.29, 1.82) is 0 Å². The van der Waals surface area contributed by atoms with Gasteiger partial charge in [0, 0.05) is 30.9 Å². The Morgan fingerprint density at radius 2 is 2.00 bits per heavy atom. The molecule has 1 aromatic carbocycles. The first kappa shape index (κ1) is 22.6. The molecule has 3 rings (SSSR count). The molecule has 2 heterocycles. The van der Waals surface area contributed by atoms with Crippen LogP contribution in [0.15, 0.2) is 47.7 Å². The molecule has 2 aliphatic heterocycles. The number of carbonyl (C=O) groups excluding carboxylic acids is 3. The van der Waals surface area contributed by atoms with Gasteiger partial charge >= 0.3 is 11.9 Å². The van der Waals surface area contributed by atoms with Crippen molar-refractivity contribution in [2.24, 2.45) is 0 Å². The van der Waals surface area contributed by atoms with Crippen LogP contribution in [0.2, 0.25) is 0 Å². The molecule has 0 aliphatic carbocycles. The number of benzene rings is 1. The third kappa shape index (κ3) is 4.80. The van der Waals surface area contributed by atoms with Gasteiger partial charge in [-0.25, -0.2) is 4.79 Å². The number of aliphatic carboxylic acids is 1. The summed E-state index contributed by atoms with van der Waals surface area (Å²) in [6.07, 6.45) is 1.62. The third-order valence-corrected chi connectivity index (χ3v) is 6.11. The van der Waals surface area contributed by atoms with Crippen LogP contribution >= 0.6 is 11.8 Å². The summed E-state index contributed by atoms with van der Waals surface area (Å²) in [5.41, 5.74) is 1.18. The zero-order valence-electron chi connectivity index (χ0n) is 17.0. The van der Waals surface area contributed by atoms with Crippen LogP contribution < -0.4 is 5.32 Å². The monoisotopic (exact) mass is 446 g/mol. The van der Waals surface area contributed by atoms with Crippen molar-refractivity contribution in [3.05, 3.63) is 53.2 Å². The fraction of sp³-hybridized carbons (Fsp3) is 0.333. The molecule has 2 N–H and O–H groups in total. The van der Waals surface area contributed by atoms with Crippen molar-refractivity contribution in [3.8, 4) is 0 Å². The number of hydrogen-bond donors (Lipinski definition) is 2. The van der Waals surface area contributed by atoms with Gasteiger partial charge in [-0.1, -0.05) is 30.3 Å². The SMILES string of the molecule is COCC=C(C(=O)N[C@@H]1C(=O)N2C(C(=O)O)=C(COC(C)=O)CS[C@H]12)c1ccccc1. The van der Waals surface area contributed by atoms with Crippen molar-refractivity contribution >= 4 is 41.1 Å². The summed E-state index contributed by atoms with van der Waals surface area (Å²) in [5, 5.41) is 11.8. The Balaban J connectivity index is 1.78. The highest BCUT2D eigenvalue weighted by atomic mass is 32.2. The largest absolute Gasteiger partial charge is 0.477 e. The van der Waals surface area contributed by atoms with Gasteiger partial charge in [0.05, 0.1) is 6.61 Å². The molecule has 9 nitrogen and oxygen atoms in total. The van der Waals surface area contributed by atoms with Crippen LogP contribution in [0.3, 0.4) is 0 Å². The quantitative estimate of drug-likeness (QED) is 0.345. The lowest BCUT2D eigenvalue weighted by Gasteiger charge is -2.49.